The highest BCUT2D eigenvalue weighted by Crippen LogP contribution is 2.37. The zero-order chi connectivity index (χ0) is 42.8. The normalized spacial score (nSPS) is 13.5. The van der Waals surface area contributed by atoms with Crippen molar-refractivity contribution >= 4 is 11.8 Å². The third-order valence-corrected chi connectivity index (χ3v) is 10.6. The number of aliphatic hydroxyl groups excluding tert-OH is 2. The molecule has 314 valence electrons. The van der Waals surface area contributed by atoms with Gasteiger partial charge in [-0.05, 0) is 77.5 Å². The summed E-state index contributed by atoms with van der Waals surface area (Å²) in [6.07, 6.45) is 2.07. The van der Waals surface area contributed by atoms with Gasteiger partial charge in [0.15, 0.2) is 0 Å². The molecule has 0 aromatic heterocycles. The number of rotatable bonds is 19. The van der Waals surface area contributed by atoms with E-state index in [0.29, 0.717) is 24.9 Å². The van der Waals surface area contributed by atoms with Crippen LogP contribution in [0, 0.1) is 11.8 Å². The van der Waals surface area contributed by atoms with Gasteiger partial charge in [0.25, 0.3) is 0 Å². The third-order valence-electron chi connectivity index (χ3n) is 10.6. The van der Waals surface area contributed by atoms with Crippen LogP contribution in [-0.2, 0) is 28.0 Å². The van der Waals surface area contributed by atoms with E-state index in [-0.39, 0.29) is 36.9 Å². The van der Waals surface area contributed by atoms with E-state index in [1.807, 2.05) is 80.6 Å². The van der Waals surface area contributed by atoms with Crippen LogP contribution in [0.2, 0.25) is 0 Å². The van der Waals surface area contributed by atoms with Crippen molar-refractivity contribution in [3.8, 4) is 0 Å². The zero-order valence-electron chi connectivity index (χ0n) is 35.8. The summed E-state index contributed by atoms with van der Waals surface area (Å²) in [5.41, 5.74) is 12.6. The molecular weight excluding hydrogens is 733 g/mol. The lowest BCUT2D eigenvalue weighted by Crippen LogP contribution is -2.54. The Balaban J connectivity index is 0.000000324. The molecule has 0 unspecified atom stereocenters. The molecule has 2 amide bonds. The van der Waals surface area contributed by atoms with Crippen LogP contribution in [0.4, 0.5) is 0 Å². The third kappa shape index (κ3) is 13.7. The van der Waals surface area contributed by atoms with Gasteiger partial charge in [-0.1, -0.05) is 167 Å². The van der Waals surface area contributed by atoms with Gasteiger partial charge in [-0.2, -0.15) is 0 Å². The summed E-state index contributed by atoms with van der Waals surface area (Å²) in [7, 11) is 0. The van der Waals surface area contributed by atoms with Crippen molar-refractivity contribution < 1.29 is 19.8 Å². The SMILES string of the molecule is CC(C)Cc1ccc([C@H](C)C(=O)NC[C@@H](N)CO)cc1.CC(C)Cc1ccc([C@H](C)C(=O)NC[C@H](CO)NC(c2ccccc2)(c2ccccc2)c2ccccc2)cc1. The van der Waals surface area contributed by atoms with E-state index in [4.69, 9.17) is 10.8 Å². The number of aliphatic hydroxyl groups is 2. The molecule has 0 radical (unpaired) electrons. The van der Waals surface area contributed by atoms with E-state index < -0.39 is 17.6 Å². The number of nitrogens with two attached hydrogens (primary N) is 1. The number of carbonyl (C=O) groups excluding carboxylic acids is 2. The quantitative estimate of drug-likeness (QED) is 0.0480. The largest absolute Gasteiger partial charge is 0.395 e. The fourth-order valence-corrected chi connectivity index (χ4v) is 7.24. The minimum atomic E-state index is -0.722. The maximum atomic E-state index is 13.2. The van der Waals surface area contributed by atoms with E-state index in [1.165, 1.54) is 11.1 Å². The topological polar surface area (TPSA) is 137 Å². The first-order valence-corrected chi connectivity index (χ1v) is 21.0. The van der Waals surface area contributed by atoms with E-state index in [2.05, 4.69) is 116 Å². The standard InChI is InChI=1S/C35H40N2O2.C16H26N2O2/c1-26(2)23-28-19-21-29(22-20-28)27(3)34(39)36-24-33(25-38)37-35(30-13-7-4-8-14-30,31-15-9-5-10-16-31)32-17-11-6-12-18-32;1-11(2)8-13-4-6-14(7-5-13)12(3)16(20)18-9-15(17)10-19/h4-22,26-27,33,37-38H,23-25H2,1-3H3,(H,36,39);4-7,11-12,15,19H,8-10,17H2,1-3H3,(H,18,20)/t27-,33+;12-,15+/m00/s1. The lowest BCUT2D eigenvalue weighted by molar-refractivity contribution is -0.123. The van der Waals surface area contributed by atoms with Crippen molar-refractivity contribution in [3.05, 3.63) is 178 Å². The van der Waals surface area contributed by atoms with E-state index in [9.17, 15) is 14.7 Å². The number of hydrogen-bond donors (Lipinski definition) is 6. The predicted molar refractivity (Wildman–Crippen MR) is 241 cm³/mol. The Labute approximate surface area is 352 Å². The maximum Gasteiger partial charge on any atom is 0.227 e. The fraction of sp³-hybridized carbons (Fsp3) is 0.373. The molecule has 5 aromatic carbocycles. The Hall–Kier alpha value is -5.12. The lowest BCUT2D eigenvalue weighted by atomic mass is 9.76. The number of benzene rings is 5. The fourth-order valence-electron chi connectivity index (χ4n) is 7.24. The minimum absolute atomic E-state index is 0.0587. The van der Waals surface area contributed by atoms with Crippen LogP contribution in [0.3, 0.4) is 0 Å². The van der Waals surface area contributed by atoms with Crippen molar-refractivity contribution in [2.75, 3.05) is 26.3 Å². The first-order chi connectivity index (χ1) is 28.4. The van der Waals surface area contributed by atoms with Gasteiger partial charge in [-0.15, -0.1) is 0 Å². The van der Waals surface area contributed by atoms with Gasteiger partial charge in [0.05, 0.1) is 30.6 Å². The molecule has 0 heterocycles. The van der Waals surface area contributed by atoms with Gasteiger partial charge in [-0.25, -0.2) is 0 Å². The Morgan fingerprint density at radius 3 is 1.20 bits per heavy atom. The van der Waals surface area contributed by atoms with Crippen molar-refractivity contribution in [1.82, 2.24) is 16.0 Å². The van der Waals surface area contributed by atoms with E-state index >= 15 is 0 Å². The summed E-state index contributed by atoms with van der Waals surface area (Å²) in [6.45, 7) is 12.9. The summed E-state index contributed by atoms with van der Waals surface area (Å²) >= 11 is 0. The molecule has 0 aliphatic heterocycles. The summed E-state index contributed by atoms with van der Waals surface area (Å²) in [5.74, 6) is 0.589. The number of carbonyl (C=O) groups is 2. The number of nitrogens with one attached hydrogen (secondary N) is 3. The highest BCUT2D eigenvalue weighted by atomic mass is 16.3. The highest BCUT2D eigenvalue weighted by Gasteiger charge is 2.38. The molecule has 5 rings (SSSR count). The molecule has 7 N–H and O–H groups in total. The Bertz CT molecular complexity index is 1860. The Morgan fingerprint density at radius 2 is 0.881 bits per heavy atom. The summed E-state index contributed by atoms with van der Waals surface area (Å²) in [6, 6.07) is 46.5. The molecule has 8 nitrogen and oxygen atoms in total. The maximum absolute atomic E-state index is 13.2. The van der Waals surface area contributed by atoms with Crippen molar-refractivity contribution in [3.63, 3.8) is 0 Å². The van der Waals surface area contributed by atoms with Crippen LogP contribution in [-0.4, -0.2) is 60.4 Å². The molecule has 4 atom stereocenters. The first-order valence-electron chi connectivity index (χ1n) is 21.0. The van der Waals surface area contributed by atoms with Crippen LogP contribution in [0.15, 0.2) is 140 Å². The Morgan fingerprint density at radius 1 is 0.525 bits per heavy atom. The highest BCUT2D eigenvalue weighted by molar-refractivity contribution is 5.83. The van der Waals surface area contributed by atoms with Gasteiger partial charge < -0.3 is 26.6 Å². The zero-order valence-corrected chi connectivity index (χ0v) is 35.8. The molecule has 59 heavy (non-hydrogen) atoms. The average molecular weight is 799 g/mol. The molecular formula is C51H66N4O4. The van der Waals surface area contributed by atoms with Crippen molar-refractivity contribution in [2.24, 2.45) is 17.6 Å². The molecule has 0 saturated carbocycles. The van der Waals surface area contributed by atoms with Crippen molar-refractivity contribution in [1.29, 1.82) is 0 Å². The molecule has 0 saturated heterocycles. The molecule has 0 spiro atoms. The second-order valence-electron chi connectivity index (χ2n) is 16.4. The van der Waals surface area contributed by atoms with Crippen LogP contribution in [0.5, 0.6) is 0 Å². The smallest absolute Gasteiger partial charge is 0.227 e. The van der Waals surface area contributed by atoms with E-state index in [1.54, 1.807) is 0 Å². The van der Waals surface area contributed by atoms with Gasteiger partial charge in [-0.3, -0.25) is 14.9 Å². The molecule has 0 aliphatic carbocycles. The van der Waals surface area contributed by atoms with Crippen LogP contribution in [0.1, 0.15) is 92.3 Å². The lowest BCUT2D eigenvalue weighted by Gasteiger charge is -2.40. The van der Waals surface area contributed by atoms with Gasteiger partial charge in [0.1, 0.15) is 0 Å². The summed E-state index contributed by atoms with van der Waals surface area (Å²) in [5, 5.41) is 28.9. The average Bonchev–Trinajstić information content (AvgIpc) is 3.26. The van der Waals surface area contributed by atoms with Crippen LogP contribution >= 0.6 is 0 Å². The molecule has 0 aliphatic rings. The summed E-state index contributed by atoms with van der Waals surface area (Å²) < 4.78 is 0. The second-order valence-corrected chi connectivity index (χ2v) is 16.4. The number of amides is 2. The van der Waals surface area contributed by atoms with Crippen LogP contribution < -0.4 is 21.7 Å². The van der Waals surface area contributed by atoms with Gasteiger partial charge >= 0.3 is 0 Å². The molecule has 8 heteroatoms. The van der Waals surface area contributed by atoms with Crippen molar-refractivity contribution in [2.45, 2.75) is 83.8 Å². The first kappa shape index (κ1) is 46.6. The molecule has 0 bridgehead atoms. The van der Waals surface area contributed by atoms with E-state index in [0.717, 1.165) is 40.7 Å². The molecule has 0 fully saturated rings. The van der Waals surface area contributed by atoms with Gasteiger partial charge in [0.2, 0.25) is 11.8 Å². The summed E-state index contributed by atoms with van der Waals surface area (Å²) in [4.78, 5) is 25.2. The van der Waals surface area contributed by atoms with Gasteiger partial charge in [0, 0.05) is 25.2 Å². The number of hydrogen-bond acceptors (Lipinski definition) is 6. The molecule has 5 aromatic rings. The predicted octanol–water partition coefficient (Wildman–Crippen LogP) is 7.47. The monoisotopic (exact) mass is 799 g/mol. The Kier molecular flexibility index (Phi) is 18.5. The second kappa shape index (κ2) is 23.5. The minimum Gasteiger partial charge on any atom is -0.395 e. The van der Waals surface area contributed by atoms with Crippen LogP contribution in [0.25, 0.3) is 0 Å².